The summed E-state index contributed by atoms with van der Waals surface area (Å²) in [5.41, 5.74) is 2.73. The minimum Gasteiger partial charge on any atom is -0.207 e. The van der Waals surface area contributed by atoms with Crippen molar-refractivity contribution >= 4 is 0 Å². The van der Waals surface area contributed by atoms with Crippen LogP contribution in [0.15, 0.2) is 48.5 Å². The van der Waals surface area contributed by atoms with Crippen molar-refractivity contribution in [2.24, 2.45) is 0 Å². The third kappa shape index (κ3) is 2.51. The summed E-state index contributed by atoms with van der Waals surface area (Å²) in [6, 6.07) is 16.1. The van der Waals surface area contributed by atoms with Crippen LogP contribution in [0.4, 0.5) is 4.39 Å². The Hall–Kier alpha value is -2.14. The number of nitriles is 1. The number of nitrogens with zero attached hydrogens (tertiary/aromatic N) is 1. The first-order valence-corrected chi connectivity index (χ1v) is 5.42. The number of hydrogen-bond donors (Lipinski definition) is 0. The van der Waals surface area contributed by atoms with Crippen molar-refractivity contribution in [3.05, 3.63) is 71.0 Å². The van der Waals surface area contributed by atoms with Crippen molar-refractivity contribution in [3.8, 4) is 6.07 Å². The van der Waals surface area contributed by atoms with Gasteiger partial charge in [-0.1, -0.05) is 42.0 Å². The Balaban J connectivity index is 2.41. The summed E-state index contributed by atoms with van der Waals surface area (Å²) >= 11 is 0. The van der Waals surface area contributed by atoms with Crippen LogP contribution in [0.3, 0.4) is 0 Å². The van der Waals surface area contributed by atoms with Crippen molar-refractivity contribution < 1.29 is 4.39 Å². The number of benzene rings is 2. The zero-order valence-electron chi connectivity index (χ0n) is 9.52. The molecule has 0 aliphatic carbocycles. The van der Waals surface area contributed by atoms with E-state index in [2.05, 4.69) is 6.07 Å². The molecule has 1 nitrogen and oxygen atoms in total. The number of hydrogen-bond acceptors (Lipinski definition) is 1. The largest absolute Gasteiger partial charge is 0.207 e. The van der Waals surface area contributed by atoms with Gasteiger partial charge in [0.25, 0.3) is 0 Å². The highest BCUT2D eigenvalue weighted by atomic mass is 19.1. The van der Waals surface area contributed by atoms with Gasteiger partial charge < -0.3 is 0 Å². The van der Waals surface area contributed by atoms with Crippen LogP contribution in [-0.2, 0) is 0 Å². The van der Waals surface area contributed by atoms with Crippen LogP contribution in [0.1, 0.15) is 22.6 Å². The first-order chi connectivity index (χ1) is 8.20. The van der Waals surface area contributed by atoms with Gasteiger partial charge in [-0.25, -0.2) is 4.39 Å². The number of rotatable bonds is 2. The zero-order chi connectivity index (χ0) is 12.3. The quantitative estimate of drug-likeness (QED) is 0.762. The van der Waals surface area contributed by atoms with Crippen LogP contribution in [0, 0.1) is 24.1 Å². The maximum Gasteiger partial charge on any atom is 0.123 e. The maximum atomic E-state index is 13.1. The van der Waals surface area contributed by atoms with Crippen molar-refractivity contribution in [2.45, 2.75) is 12.8 Å². The normalized spacial score (nSPS) is 11.8. The molecule has 0 aromatic heterocycles. The summed E-state index contributed by atoms with van der Waals surface area (Å²) in [5.74, 6) is -0.721. The van der Waals surface area contributed by atoms with Crippen molar-refractivity contribution in [3.63, 3.8) is 0 Å². The second kappa shape index (κ2) is 4.80. The Kier molecular flexibility index (Phi) is 3.20. The molecular weight excluding hydrogens is 213 g/mol. The molecule has 2 heteroatoms. The monoisotopic (exact) mass is 225 g/mol. The van der Waals surface area contributed by atoms with Crippen molar-refractivity contribution in [2.75, 3.05) is 0 Å². The molecule has 0 bridgehead atoms. The van der Waals surface area contributed by atoms with E-state index in [4.69, 9.17) is 0 Å². The standard InChI is InChI=1S/C15H12FN/c1-11-5-7-12(8-6-11)15(10-17)13-3-2-4-14(16)9-13/h2-9,15H,1H3. The molecule has 2 aromatic carbocycles. The Labute approximate surface area is 100 Å². The highest BCUT2D eigenvalue weighted by molar-refractivity contribution is 5.38. The molecule has 17 heavy (non-hydrogen) atoms. The third-order valence-corrected chi connectivity index (χ3v) is 2.72. The van der Waals surface area contributed by atoms with Gasteiger partial charge in [-0.15, -0.1) is 0 Å². The highest BCUT2D eigenvalue weighted by Gasteiger charge is 2.13. The van der Waals surface area contributed by atoms with Crippen LogP contribution in [-0.4, -0.2) is 0 Å². The molecule has 0 N–H and O–H groups in total. The molecule has 0 fully saturated rings. The van der Waals surface area contributed by atoms with E-state index in [1.165, 1.54) is 12.1 Å². The second-order valence-electron chi connectivity index (χ2n) is 4.03. The Morgan fingerprint density at radius 3 is 2.35 bits per heavy atom. The average Bonchev–Trinajstić information content (AvgIpc) is 2.33. The molecule has 0 saturated heterocycles. The first kappa shape index (κ1) is 11.3. The van der Waals surface area contributed by atoms with Gasteiger partial charge in [0.15, 0.2) is 0 Å². The van der Waals surface area contributed by atoms with Crippen molar-refractivity contribution in [1.82, 2.24) is 0 Å². The predicted molar refractivity (Wildman–Crippen MR) is 65.0 cm³/mol. The van der Waals surface area contributed by atoms with E-state index in [0.29, 0.717) is 5.56 Å². The lowest BCUT2D eigenvalue weighted by Crippen LogP contribution is -1.98. The molecule has 2 rings (SSSR count). The lowest BCUT2D eigenvalue weighted by molar-refractivity contribution is 0.625. The lowest BCUT2D eigenvalue weighted by Gasteiger charge is -2.10. The zero-order valence-corrected chi connectivity index (χ0v) is 9.52. The molecule has 0 aliphatic rings. The molecule has 1 unspecified atom stereocenters. The summed E-state index contributed by atoms with van der Waals surface area (Å²) in [6.07, 6.45) is 0. The molecule has 0 amide bonds. The minimum atomic E-state index is -0.411. The lowest BCUT2D eigenvalue weighted by atomic mass is 9.92. The van der Waals surface area contributed by atoms with Crippen LogP contribution in [0.5, 0.6) is 0 Å². The highest BCUT2D eigenvalue weighted by Crippen LogP contribution is 2.24. The topological polar surface area (TPSA) is 23.8 Å². The second-order valence-corrected chi connectivity index (χ2v) is 4.03. The fourth-order valence-electron chi connectivity index (χ4n) is 1.79. The minimum absolute atomic E-state index is 0.310. The van der Waals surface area contributed by atoms with E-state index in [0.717, 1.165) is 11.1 Å². The van der Waals surface area contributed by atoms with Crippen LogP contribution >= 0.6 is 0 Å². The summed E-state index contributed by atoms with van der Waals surface area (Å²) in [4.78, 5) is 0. The summed E-state index contributed by atoms with van der Waals surface area (Å²) < 4.78 is 13.1. The molecule has 2 aromatic rings. The molecule has 0 spiro atoms. The van der Waals surface area contributed by atoms with Gasteiger partial charge in [0.2, 0.25) is 0 Å². The molecule has 0 aliphatic heterocycles. The fraction of sp³-hybridized carbons (Fsp3) is 0.133. The van der Waals surface area contributed by atoms with Crippen LogP contribution in [0.2, 0.25) is 0 Å². The van der Waals surface area contributed by atoms with Crippen LogP contribution in [0.25, 0.3) is 0 Å². The Bertz CT molecular complexity index is 552. The summed E-state index contributed by atoms with van der Waals surface area (Å²) in [7, 11) is 0. The van der Waals surface area contributed by atoms with E-state index in [9.17, 15) is 9.65 Å². The number of halogens is 1. The molecular formula is C15H12FN. The van der Waals surface area contributed by atoms with Crippen LogP contribution < -0.4 is 0 Å². The van der Waals surface area contributed by atoms with E-state index in [-0.39, 0.29) is 5.82 Å². The molecule has 84 valence electrons. The van der Waals surface area contributed by atoms with E-state index < -0.39 is 5.92 Å². The Morgan fingerprint density at radius 1 is 1.06 bits per heavy atom. The molecule has 0 heterocycles. The fourth-order valence-corrected chi connectivity index (χ4v) is 1.79. The summed E-state index contributed by atoms with van der Waals surface area (Å²) in [5, 5.41) is 9.22. The smallest absolute Gasteiger partial charge is 0.123 e. The summed E-state index contributed by atoms with van der Waals surface area (Å²) in [6.45, 7) is 1.99. The number of aryl methyl sites for hydroxylation is 1. The average molecular weight is 225 g/mol. The van der Waals surface area contributed by atoms with Gasteiger partial charge in [-0.2, -0.15) is 5.26 Å². The SMILES string of the molecule is Cc1ccc(C(C#N)c2cccc(F)c2)cc1. The molecule has 0 saturated carbocycles. The third-order valence-electron chi connectivity index (χ3n) is 2.72. The van der Waals surface area contributed by atoms with E-state index in [1.807, 2.05) is 31.2 Å². The van der Waals surface area contributed by atoms with Gasteiger partial charge in [-0.3, -0.25) is 0 Å². The predicted octanol–water partition coefficient (Wildman–Crippen LogP) is 3.79. The van der Waals surface area contributed by atoms with Gasteiger partial charge in [0.1, 0.15) is 5.82 Å². The van der Waals surface area contributed by atoms with Gasteiger partial charge in [-0.05, 0) is 30.2 Å². The van der Waals surface area contributed by atoms with Gasteiger partial charge in [0.05, 0.1) is 12.0 Å². The maximum absolute atomic E-state index is 13.1. The Morgan fingerprint density at radius 2 is 1.76 bits per heavy atom. The molecule has 0 radical (unpaired) electrons. The molecule has 1 atom stereocenters. The van der Waals surface area contributed by atoms with E-state index in [1.54, 1.807) is 12.1 Å². The van der Waals surface area contributed by atoms with Gasteiger partial charge >= 0.3 is 0 Å². The van der Waals surface area contributed by atoms with Crippen molar-refractivity contribution in [1.29, 1.82) is 5.26 Å². The van der Waals surface area contributed by atoms with E-state index >= 15 is 0 Å². The first-order valence-electron chi connectivity index (χ1n) is 5.42. The van der Waals surface area contributed by atoms with Gasteiger partial charge in [0, 0.05) is 0 Å².